The molecule has 0 aliphatic rings. The first-order valence-corrected chi connectivity index (χ1v) is 6.83. The van der Waals surface area contributed by atoms with Gasteiger partial charge in [0.1, 0.15) is 18.1 Å². The number of fused-ring (bicyclic) bond motifs is 1. The summed E-state index contributed by atoms with van der Waals surface area (Å²) in [6, 6.07) is 4.17. The van der Waals surface area contributed by atoms with Gasteiger partial charge in [0.15, 0.2) is 5.65 Å². The van der Waals surface area contributed by atoms with E-state index in [2.05, 4.69) is 29.2 Å². The van der Waals surface area contributed by atoms with Crippen molar-refractivity contribution in [1.29, 1.82) is 0 Å². The van der Waals surface area contributed by atoms with Crippen molar-refractivity contribution in [1.82, 2.24) is 24.5 Å². The lowest BCUT2D eigenvalue weighted by molar-refractivity contribution is 0.419. The monoisotopic (exact) mass is 287 g/mol. The number of hydrogen-bond acceptors (Lipinski definition) is 5. The molecule has 7 nitrogen and oxygen atoms in total. The van der Waals surface area contributed by atoms with Crippen LogP contribution in [0.25, 0.3) is 5.65 Å². The van der Waals surface area contributed by atoms with Gasteiger partial charge in [0.25, 0.3) is 0 Å². The smallest absolute Gasteiger partial charge is 0.350 e. The summed E-state index contributed by atoms with van der Waals surface area (Å²) in [6.07, 6.45) is 4.71. The molecule has 0 spiro atoms. The van der Waals surface area contributed by atoms with Gasteiger partial charge in [0.05, 0.1) is 12.7 Å². The Morgan fingerprint density at radius 3 is 2.90 bits per heavy atom. The third kappa shape index (κ3) is 2.87. The number of nitrogens with one attached hydrogen (secondary N) is 1. The molecule has 3 heterocycles. The Morgan fingerprint density at radius 2 is 2.14 bits per heavy atom. The fourth-order valence-corrected chi connectivity index (χ4v) is 2.04. The van der Waals surface area contributed by atoms with Gasteiger partial charge in [-0.2, -0.15) is 0 Å². The standard InChI is InChI=1S/C14H17N5O2/c1-10(2)16-7-11-3-4-12(21-11)9-19-14(20)18-6-5-15-8-13(18)17-19/h3-6,8,10,16H,7,9H2,1-2H3. The van der Waals surface area contributed by atoms with Crippen molar-refractivity contribution in [2.24, 2.45) is 0 Å². The summed E-state index contributed by atoms with van der Waals surface area (Å²) in [7, 11) is 0. The molecule has 7 heteroatoms. The molecule has 0 atom stereocenters. The fraction of sp³-hybridized carbons (Fsp3) is 0.357. The average molecular weight is 287 g/mol. The lowest BCUT2D eigenvalue weighted by Crippen LogP contribution is -2.22. The first-order valence-electron chi connectivity index (χ1n) is 6.83. The van der Waals surface area contributed by atoms with E-state index in [1.54, 1.807) is 18.6 Å². The molecule has 0 aliphatic heterocycles. The Labute approximate surface area is 121 Å². The first kappa shape index (κ1) is 13.6. The van der Waals surface area contributed by atoms with Crippen LogP contribution in [0.3, 0.4) is 0 Å². The maximum absolute atomic E-state index is 12.1. The molecular weight excluding hydrogens is 270 g/mol. The van der Waals surface area contributed by atoms with Crippen molar-refractivity contribution in [3.05, 3.63) is 52.7 Å². The molecule has 3 aromatic rings. The van der Waals surface area contributed by atoms with Crippen LogP contribution < -0.4 is 11.0 Å². The molecular formula is C14H17N5O2. The van der Waals surface area contributed by atoms with E-state index in [9.17, 15) is 4.79 Å². The third-order valence-electron chi connectivity index (χ3n) is 3.10. The van der Waals surface area contributed by atoms with Crippen LogP contribution in [0.15, 0.2) is 39.9 Å². The van der Waals surface area contributed by atoms with Crippen LogP contribution in [0.1, 0.15) is 25.4 Å². The number of aromatic nitrogens is 4. The van der Waals surface area contributed by atoms with Crippen molar-refractivity contribution in [3.63, 3.8) is 0 Å². The lowest BCUT2D eigenvalue weighted by Gasteiger charge is -2.04. The van der Waals surface area contributed by atoms with Gasteiger partial charge < -0.3 is 9.73 Å². The molecule has 0 saturated carbocycles. The van der Waals surface area contributed by atoms with Crippen molar-refractivity contribution in [3.8, 4) is 0 Å². The summed E-state index contributed by atoms with van der Waals surface area (Å²) in [4.78, 5) is 16.1. The second kappa shape index (κ2) is 5.53. The highest BCUT2D eigenvalue weighted by atomic mass is 16.3. The molecule has 0 aliphatic carbocycles. The van der Waals surface area contributed by atoms with Crippen LogP contribution in [-0.2, 0) is 13.1 Å². The SMILES string of the molecule is CC(C)NCc1ccc(Cn2nc3cnccn3c2=O)o1. The molecule has 0 amide bonds. The second-order valence-electron chi connectivity index (χ2n) is 5.15. The van der Waals surface area contributed by atoms with Gasteiger partial charge in [0.2, 0.25) is 0 Å². The summed E-state index contributed by atoms with van der Waals surface area (Å²) in [5.74, 6) is 1.55. The molecule has 0 fully saturated rings. The van der Waals surface area contributed by atoms with E-state index in [0.717, 1.165) is 5.76 Å². The van der Waals surface area contributed by atoms with Crippen LogP contribution in [-0.4, -0.2) is 25.2 Å². The minimum atomic E-state index is -0.203. The van der Waals surface area contributed by atoms with Gasteiger partial charge in [-0.3, -0.25) is 4.98 Å². The van der Waals surface area contributed by atoms with Crippen molar-refractivity contribution in [2.75, 3.05) is 0 Å². The third-order valence-corrected chi connectivity index (χ3v) is 3.10. The minimum absolute atomic E-state index is 0.203. The molecule has 0 saturated heterocycles. The van der Waals surface area contributed by atoms with Crippen molar-refractivity contribution >= 4 is 5.65 Å². The fourth-order valence-electron chi connectivity index (χ4n) is 2.04. The molecule has 3 rings (SSSR count). The van der Waals surface area contributed by atoms with Crippen molar-refractivity contribution < 1.29 is 4.42 Å². The van der Waals surface area contributed by atoms with E-state index in [4.69, 9.17) is 4.42 Å². The molecule has 3 aromatic heterocycles. The molecule has 110 valence electrons. The number of hydrogen-bond donors (Lipinski definition) is 1. The lowest BCUT2D eigenvalue weighted by atomic mass is 10.3. The van der Waals surface area contributed by atoms with E-state index in [1.165, 1.54) is 9.08 Å². The van der Waals surface area contributed by atoms with Gasteiger partial charge in [-0.1, -0.05) is 13.8 Å². The molecule has 0 bridgehead atoms. The molecule has 1 N–H and O–H groups in total. The van der Waals surface area contributed by atoms with Crippen LogP contribution in [0.4, 0.5) is 0 Å². The topological polar surface area (TPSA) is 77.4 Å². The maximum atomic E-state index is 12.1. The largest absolute Gasteiger partial charge is 0.463 e. The quantitative estimate of drug-likeness (QED) is 0.758. The predicted molar refractivity (Wildman–Crippen MR) is 77.0 cm³/mol. The molecule has 0 aromatic carbocycles. The normalized spacial score (nSPS) is 11.6. The first-order chi connectivity index (χ1) is 10.1. The van der Waals surface area contributed by atoms with Crippen LogP contribution in [0.5, 0.6) is 0 Å². The van der Waals surface area contributed by atoms with Gasteiger partial charge in [-0.15, -0.1) is 5.10 Å². The zero-order valence-electron chi connectivity index (χ0n) is 12.0. The van der Waals surface area contributed by atoms with E-state index in [1.807, 2.05) is 12.1 Å². The second-order valence-corrected chi connectivity index (χ2v) is 5.15. The highest BCUT2D eigenvalue weighted by Crippen LogP contribution is 2.09. The average Bonchev–Trinajstić information content (AvgIpc) is 3.03. The number of rotatable bonds is 5. The molecule has 0 radical (unpaired) electrons. The Kier molecular flexibility index (Phi) is 3.57. The summed E-state index contributed by atoms with van der Waals surface area (Å²) < 4.78 is 8.53. The number of furan rings is 1. The van der Waals surface area contributed by atoms with Gasteiger partial charge >= 0.3 is 5.69 Å². The van der Waals surface area contributed by atoms with E-state index >= 15 is 0 Å². The van der Waals surface area contributed by atoms with Crippen LogP contribution >= 0.6 is 0 Å². The summed E-state index contributed by atoms with van der Waals surface area (Å²) >= 11 is 0. The maximum Gasteiger partial charge on any atom is 0.350 e. The highest BCUT2D eigenvalue weighted by Gasteiger charge is 2.09. The molecule has 21 heavy (non-hydrogen) atoms. The van der Waals surface area contributed by atoms with Crippen LogP contribution in [0.2, 0.25) is 0 Å². The highest BCUT2D eigenvalue weighted by molar-refractivity contribution is 5.31. The summed E-state index contributed by atoms with van der Waals surface area (Å²) in [5, 5.41) is 7.50. The van der Waals surface area contributed by atoms with Crippen LogP contribution in [0, 0.1) is 0 Å². The Morgan fingerprint density at radius 1 is 1.33 bits per heavy atom. The van der Waals surface area contributed by atoms with E-state index in [0.29, 0.717) is 30.5 Å². The Balaban J connectivity index is 1.79. The zero-order valence-corrected chi connectivity index (χ0v) is 12.0. The van der Waals surface area contributed by atoms with Gasteiger partial charge in [0, 0.05) is 18.4 Å². The Bertz CT molecular complexity index is 799. The zero-order chi connectivity index (χ0) is 14.8. The summed E-state index contributed by atoms with van der Waals surface area (Å²) in [6.45, 7) is 5.13. The predicted octanol–water partition coefficient (Wildman–Crippen LogP) is 1.03. The number of nitrogens with zero attached hydrogens (tertiary/aromatic N) is 4. The minimum Gasteiger partial charge on any atom is -0.463 e. The van der Waals surface area contributed by atoms with E-state index in [-0.39, 0.29) is 5.69 Å². The van der Waals surface area contributed by atoms with Gasteiger partial charge in [-0.05, 0) is 12.1 Å². The van der Waals surface area contributed by atoms with Crippen molar-refractivity contribution in [2.45, 2.75) is 33.0 Å². The molecule has 0 unspecified atom stereocenters. The Hall–Kier alpha value is -2.41. The van der Waals surface area contributed by atoms with E-state index < -0.39 is 0 Å². The van der Waals surface area contributed by atoms with Gasteiger partial charge in [-0.25, -0.2) is 13.9 Å². The summed E-state index contributed by atoms with van der Waals surface area (Å²) in [5.41, 5.74) is 0.321.